The Morgan fingerprint density at radius 3 is 2.65 bits per heavy atom. The largest absolute Gasteiger partial charge is 0.486 e. The van der Waals surface area contributed by atoms with Crippen molar-refractivity contribution in [1.29, 1.82) is 0 Å². The third-order valence-corrected chi connectivity index (χ3v) is 7.16. The van der Waals surface area contributed by atoms with Crippen LogP contribution in [0.25, 0.3) is 22.6 Å². The fourth-order valence-corrected chi connectivity index (χ4v) is 5.87. The Morgan fingerprint density at radius 1 is 1.24 bits per heavy atom. The molecular formula is C19H16FN6O7P. The summed E-state index contributed by atoms with van der Waals surface area (Å²) in [6, 6.07) is 7.18. The molecule has 4 fully saturated rings. The molecule has 0 radical (unpaired) electrons. The van der Waals surface area contributed by atoms with Crippen LogP contribution in [0, 0.1) is 5.82 Å². The summed E-state index contributed by atoms with van der Waals surface area (Å²) in [7, 11) is -2.37. The van der Waals surface area contributed by atoms with E-state index in [1.165, 1.54) is 23.1 Å². The zero-order valence-corrected chi connectivity index (χ0v) is 18.5. The lowest BCUT2D eigenvalue weighted by molar-refractivity contribution is -0.281. The number of amides is 1. The quantitative estimate of drug-likeness (QED) is 0.525. The van der Waals surface area contributed by atoms with E-state index in [0.717, 1.165) is 11.0 Å². The van der Waals surface area contributed by atoms with Gasteiger partial charge >= 0.3 is 25.6 Å². The smallest absolute Gasteiger partial charge is 0.405 e. The summed E-state index contributed by atoms with van der Waals surface area (Å²) in [5.41, 5.74) is 1.10. The standard InChI is InChI=1S/C19H16FN6O7P/c1-3-15(27)18-19(32-34(29,31-18)33-19)26(17(28)30-18)11-5-6-12(13(20)8-11)10-4-7-14(21-9-10)16-22-24-25(2)23-16/h4-9,15,27H,3H2,1-2H3/t15-,18-,19?,34?/m1/s1. The summed E-state index contributed by atoms with van der Waals surface area (Å²) in [5.74, 6) is -4.65. The SMILES string of the molecule is CC[C@@H](O)[C@]12OC(=O)N(c3ccc(-c4ccc(-c5nnn(C)n5)nc4)c(F)c3)C13OP(=O)(O3)O2. The third-order valence-electron chi connectivity index (χ3n) is 5.72. The van der Waals surface area contributed by atoms with Crippen molar-refractivity contribution in [1.82, 2.24) is 25.2 Å². The van der Waals surface area contributed by atoms with E-state index in [1.54, 1.807) is 26.1 Å². The number of aromatic nitrogens is 5. The van der Waals surface area contributed by atoms with Gasteiger partial charge in [-0.25, -0.2) is 32.2 Å². The van der Waals surface area contributed by atoms with Gasteiger partial charge in [0.1, 0.15) is 17.6 Å². The first kappa shape index (κ1) is 21.3. The van der Waals surface area contributed by atoms with Crippen molar-refractivity contribution in [3.8, 4) is 22.6 Å². The van der Waals surface area contributed by atoms with Crippen LogP contribution in [-0.2, 0) is 29.9 Å². The molecule has 7 rings (SSSR count). The lowest BCUT2D eigenvalue weighted by Gasteiger charge is -2.39. The number of hydrogen-bond acceptors (Lipinski definition) is 11. The number of phosphoric acid groups is 1. The van der Waals surface area contributed by atoms with Crippen LogP contribution in [0.3, 0.4) is 0 Å². The topological polar surface area (TPSA) is 151 Å². The van der Waals surface area contributed by atoms with E-state index >= 15 is 4.39 Å². The van der Waals surface area contributed by atoms with Gasteiger partial charge in [0, 0.05) is 17.3 Å². The minimum absolute atomic E-state index is 0.0125. The Morgan fingerprint density at radius 2 is 2.03 bits per heavy atom. The molecule has 1 amide bonds. The fourth-order valence-electron chi connectivity index (χ4n) is 4.15. The van der Waals surface area contributed by atoms with Gasteiger partial charge in [0.05, 0.1) is 12.7 Å². The highest BCUT2D eigenvalue weighted by atomic mass is 31.2. The van der Waals surface area contributed by atoms with Gasteiger partial charge in [-0.1, -0.05) is 13.0 Å². The summed E-state index contributed by atoms with van der Waals surface area (Å²) < 4.78 is 48.6. The van der Waals surface area contributed by atoms with Crippen molar-refractivity contribution in [2.75, 3.05) is 4.90 Å². The molecule has 1 N–H and O–H groups in total. The van der Waals surface area contributed by atoms with E-state index < -0.39 is 37.5 Å². The molecule has 0 aliphatic carbocycles. The molecule has 1 spiro atoms. The highest BCUT2D eigenvalue weighted by molar-refractivity contribution is 7.50. The first-order valence-corrected chi connectivity index (χ1v) is 11.6. The molecule has 1 aromatic carbocycles. The Balaban J connectivity index is 1.34. The molecule has 0 unspecified atom stereocenters. The van der Waals surface area contributed by atoms with Crippen LogP contribution in [0.15, 0.2) is 36.5 Å². The molecule has 3 aromatic rings. The summed E-state index contributed by atoms with van der Waals surface area (Å²) >= 11 is 0. The lowest BCUT2D eigenvalue weighted by atomic mass is 10.0. The molecule has 6 heterocycles. The average Bonchev–Trinajstić information content (AvgIpc) is 3.46. The van der Waals surface area contributed by atoms with E-state index in [9.17, 15) is 14.5 Å². The van der Waals surface area contributed by atoms with E-state index in [-0.39, 0.29) is 17.7 Å². The number of nitrogens with zero attached hydrogens (tertiary/aromatic N) is 6. The van der Waals surface area contributed by atoms with Crippen molar-refractivity contribution in [2.24, 2.45) is 7.05 Å². The molecule has 34 heavy (non-hydrogen) atoms. The minimum atomic E-state index is -4.00. The number of aryl methyl sites for hydroxylation is 1. The number of aliphatic hydroxyl groups excluding tert-OH is 1. The molecule has 2 bridgehead atoms. The predicted octanol–water partition coefficient (Wildman–Crippen LogP) is 2.34. The number of ether oxygens (including phenoxy) is 1. The normalized spacial score (nSPS) is 30.1. The number of halogens is 1. The molecular weight excluding hydrogens is 474 g/mol. The van der Waals surface area contributed by atoms with Crippen LogP contribution in [0.4, 0.5) is 14.9 Å². The van der Waals surface area contributed by atoms with Gasteiger partial charge in [-0.3, -0.25) is 4.98 Å². The fraction of sp³-hybridized carbons (Fsp3) is 0.316. The van der Waals surface area contributed by atoms with Crippen LogP contribution in [-0.4, -0.2) is 54.2 Å². The van der Waals surface area contributed by atoms with Crippen LogP contribution >= 0.6 is 7.82 Å². The molecule has 2 aromatic heterocycles. The van der Waals surface area contributed by atoms with Gasteiger partial charge in [0.2, 0.25) is 5.82 Å². The van der Waals surface area contributed by atoms with E-state index in [1.807, 2.05) is 0 Å². The Hall–Kier alpha value is -3.29. The first-order valence-electron chi connectivity index (χ1n) is 10.1. The Labute approximate surface area is 190 Å². The second-order valence-corrected chi connectivity index (χ2v) is 9.24. The number of rotatable bonds is 5. The van der Waals surface area contributed by atoms with Crippen molar-refractivity contribution >= 4 is 19.6 Å². The number of tetrazole rings is 1. The number of hydrogen-bond donors (Lipinski definition) is 1. The van der Waals surface area contributed by atoms with Gasteiger partial charge in [-0.2, -0.15) is 4.80 Å². The Bertz CT molecular complexity index is 1370. The molecule has 0 saturated carbocycles. The molecule has 2 atom stereocenters. The number of benzene rings is 1. The van der Waals surface area contributed by atoms with Gasteiger partial charge < -0.3 is 9.84 Å². The second kappa shape index (κ2) is 6.87. The van der Waals surface area contributed by atoms with Crippen LogP contribution in [0.2, 0.25) is 0 Å². The Kier molecular flexibility index (Phi) is 4.29. The zero-order valence-electron chi connectivity index (χ0n) is 17.7. The number of carbonyl (C=O) groups is 1. The second-order valence-electron chi connectivity index (χ2n) is 7.80. The van der Waals surface area contributed by atoms with Crippen molar-refractivity contribution in [3.05, 3.63) is 42.3 Å². The van der Waals surface area contributed by atoms with Gasteiger partial charge in [-0.05, 0) is 35.9 Å². The average molecular weight is 490 g/mol. The predicted molar refractivity (Wildman–Crippen MR) is 109 cm³/mol. The van der Waals surface area contributed by atoms with Crippen LogP contribution in [0.5, 0.6) is 0 Å². The van der Waals surface area contributed by atoms with Crippen molar-refractivity contribution in [3.63, 3.8) is 0 Å². The molecule has 176 valence electrons. The number of aliphatic hydroxyl groups is 1. The van der Waals surface area contributed by atoms with Gasteiger partial charge in [0.25, 0.3) is 0 Å². The number of phosphoric ester groups is 1. The molecule has 15 heteroatoms. The maximum Gasteiger partial charge on any atom is 0.486 e. The summed E-state index contributed by atoms with van der Waals surface area (Å²) in [5, 5.41) is 22.1. The number of pyridine rings is 1. The maximum absolute atomic E-state index is 15.2. The first-order chi connectivity index (χ1) is 16.2. The molecule has 4 aliphatic rings. The summed E-state index contributed by atoms with van der Waals surface area (Å²) in [4.78, 5) is 19.1. The van der Waals surface area contributed by atoms with Gasteiger partial charge in [-0.15, -0.1) is 10.2 Å². The zero-order chi connectivity index (χ0) is 23.9. The van der Waals surface area contributed by atoms with Crippen LogP contribution in [0.1, 0.15) is 13.3 Å². The monoisotopic (exact) mass is 490 g/mol. The highest BCUT2D eigenvalue weighted by Crippen LogP contribution is 2.81. The minimum Gasteiger partial charge on any atom is -0.405 e. The third kappa shape index (κ3) is 2.68. The van der Waals surface area contributed by atoms with E-state index in [4.69, 9.17) is 18.3 Å². The molecule has 4 saturated heterocycles. The summed E-state index contributed by atoms with van der Waals surface area (Å²) in [6.07, 6.45) is -0.893. The maximum atomic E-state index is 15.2. The molecule has 4 aliphatic heterocycles. The lowest BCUT2D eigenvalue weighted by Crippen LogP contribution is -2.63. The molecule has 13 nitrogen and oxygen atoms in total. The summed E-state index contributed by atoms with van der Waals surface area (Å²) in [6.45, 7) is 1.60. The van der Waals surface area contributed by atoms with Crippen molar-refractivity contribution in [2.45, 2.75) is 31.1 Å². The number of anilines is 1. The van der Waals surface area contributed by atoms with Crippen molar-refractivity contribution < 1.29 is 37.2 Å². The number of carbonyl (C=O) groups excluding carboxylic acids is 1. The highest BCUT2D eigenvalue weighted by Gasteiger charge is 2.91. The van der Waals surface area contributed by atoms with Crippen LogP contribution < -0.4 is 4.90 Å². The van der Waals surface area contributed by atoms with E-state index in [0.29, 0.717) is 17.1 Å². The van der Waals surface area contributed by atoms with Gasteiger partial charge in [0.15, 0.2) is 0 Å². The van der Waals surface area contributed by atoms with E-state index in [2.05, 4.69) is 20.4 Å².